The van der Waals surface area contributed by atoms with Crippen LogP contribution in [0.4, 0.5) is 0 Å². The summed E-state index contributed by atoms with van der Waals surface area (Å²) < 4.78 is 0. The van der Waals surface area contributed by atoms with E-state index in [2.05, 4.69) is 22.9 Å². The topological polar surface area (TPSA) is 17.1 Å². The Morgan fingerprint density at radius 1 is 1.55 bits per heavy atom. The molecule has 0 aromatic heterocycles. The first kappa shape index (κ1) is 9.24. The van der Waals surface area contributed by atoms with Gasteiger partial charge in [-0.3, -0.25) is 4.79 Å². The highest BCUT2D eigenvalue weighted by molar-refractivity contribution is 9.09. The van der Waals surface area contributed by atoms with Gasteiger partial charge in [0.25, 0.3) is 0 Å². The zero-order valence-electron chi connectivity index (χ0n) is 6.98. The van der Waals surface area contributed by atoms with Gasteiger partial charge < -0.3 is 0 Å². The molecule has 0 bridgehead atoms. The molecule has 1 aliphatic rings. The summed E-state index contributed by atoms with van der Waals surface area (Å²) in [5.41, 5.74) is 0. The van der Waals surface area contributed by atoms with Crippen molar-refractivity contribution in [3.63, 3.8) is 0 Å². The molecule has 1 rings (SSSR count). The molecule has 0 aliphatic heterocycles. The Balaban J connectivity index is 2.39. The Morgan fingerprint density at radius 2 is 2.27 bits per heavy atom. The van der Waals surface area contributed by atoms with Crippen molar-refractivity contribution in [2.75, 3.05) is 5.33 Å². The Hall–Kier alpha value is 0.150. The zero-order valence-corrected chi connectivity index (χ0v) is 8.56. The van der Waals surface area contributed by atoms with Crippen molar-refractivity contribution in [3.8, 4) is 0 Å². The van der Waals surface area contributed by atoms with Crippen LogP contribution in [0.3, 0.4) is 0 Å². The fourth-order valence-electron chi connectivity index (χ4n) is 1.84. The molecule has 0 heterocycles. The average molecular weight is 219 g/mol. The molecule has 0 aromatic carbocycles. The first-order valence-corrected chi connectivity index (χ1v) is 5.45. The van der Waals surface area contributed by atoms with Crippen LogP contribution in [-0.4, -0.2) is 11.1 Å². The minimum Gasteiger partial charge on any atom is -0.298 e. The van der Waals surface area contributed by atoms with Crippen LogP contribution in [0.1, 0.15) is 32.6 Å². The molecule has 11 heavy (non-hydrogen) atoms. The molecule has 0 aromatic rings. The van der Waals surface area contributed by atoms with E-state index >= 15 is 0 Å². The van der Waals surface area contributed by atoms with E-state index in [0.717, 1.165) is 18.8 Å². The largest absolute Gasteiger partial charge is 0.298 e. The number of hydrogen-bond donors (Lipinski definition) is 0. The van der Waals surface area contributed by atoms with Crippen molar-refractivity contribution in [1.82, 2.24) is 0 Å². The molecule has 1 fully saturated rings. The lowest BCUT2D eigenvalue weighted by Gasteiger charge is -2.24. The standard InChI is InChI=1S/C9H15BrO/c1-7-3-2-4-8(5-7)9(11)6-10/h7-8H,2-6H2,1H3/t7-,8-/m0/s1. The third-order valence-corrected chi connectivity index (χ3v) is 3.08. The molecule has 64 valence electrons. The van der Waals surface area contributed by atoms with Crippen molar-refractivity contribution in [1.29, 1.82) is 0 Å². The molecule has 1 saturated carbocycles. The Kier molecular flexibility index (Phi) is 3.57. The van der Waals surface area contributed by atoms with Gasteiger partial charge in [0, 0.05) is 5.92 Å². The van der Waals surface area contributed by atoms with Crippen LogP contribution in [0.15, 0.2) is 0 Å². The second-order valence-electron chi connectivity index (χ2n) is 3.57. The van der Waals surface area contributed by atoms with E-state index < -0.39 is 0 Å². The summed E-state index contributed by atoms with van der Waals surface area (Å²) in [6, 6.07) is 0. The van der Waals surface area contributed by atoms with E-state index in [0.29, 0.717) is 17.0 Å². The molecule has 2 atom stereocenters. The average Bonchev–Trinajstić information content (AvgIpc) is 2.03. The highest BCUT2D eigenvalue weighted by Crippen LogP contribution is 2.29. The molecule has 0 saturated heterocycles. The van der Waals surface area contributed by atoms with E-state index in [1.165, 1.54) is 12.8 Å². The van der Waals surface area contributed by atoms with Crippen LogP contribution in [0, 0.1) is 11.8 Å². The zero-order chi connectivity index (χ0) is 8.27. The van der Waals surface area contributed by atoms with Crippen LogP contribution in [0.25, 0.3) is 0 Å². The van der Waals surface area contributed by atoms with Crippen LogP contribution in [-0.2, 0) is 4.79 Å². The lowest BCUT2D eigenvalue weighted by atomic mass is 9.81. The summed E-state index contributed by atoms with van der Waals surface area (Å²) in [6.07, 6.45) is 4.79. The molecular formula is C9H15BrO. The minimum absolute atomic E-state index is 0.359. The SMILES string of the molecule is C[C@H]1CCC[C@H](C(=O)CBr)C1. The van der Waals surface area contributed by atoms with Crippen molar-refractivity contribution in [3.05, 3.63) is 0 Å². The minimum atomic E-state index is 0.359. The van der Waals surface area contributed by atoms with Gasteiger partial charge in [0.2, 0.25) is 0 Å². The molecule has 2 heteroatoms. The number of alkyl halides is 1. The van der Waals surface area contributed by atoms with Gasteiger partial charge >= 0.3 is 0 Å². The van der Waals surface area contributed by atoms with Gasteiger partial charge in [-0.05, 0) is 18.8 Å². The van der Waals surface area contributed by atoms with Gasteiger partial charge in [-0.15, -0.1) is 0 Å². The first-order chi connectivity index (χ1) is 5.24. The van der Waals surface area contributed by atoms with Crippen molar-refractivity contribution in [2.24, 2.45) is 11.8 Å². The highest BCUT2D eigenvalue weighted by atomic mass is 79.9. The highest BCUT2D eigenvalue weighted by Gasteiger charge is 2.23. The second kappa shape index (κ2) is 4.24. The Bertz CT molecular complexity index is 144. The summed E-state index contributed by atoms with van der Waals surface area (Å²) in [5.74, 6) is 1.52. The van der Waals surface area contributed by atoms with E-state index in [-0.39, 0.29) is 0 Å². The number of hydrogen-bond acceptors (Lipinski definition) is 1. The van der Waals surface area contributed by atoms with Crippen molar-refractivity contribution in [2.45, 2.75) is 32.6 Å². The summed E-state index contributed by atoms with van der Waals surface area (Å²) >= 11 is 3.22. The molecule has 1 aliphatic carbocycles. The summed E-state index contributed by atoms with van der Waals surface area (Å²) in [5, 5.41) is 0.546. The summed E-state index contributed by atoms with van der Waals surface area (Å²) in [6.45, 7) is 2.24. The van der Waals surface area contributed by atoms with Crippen molar-refractivity contribution < 1.29 is 4.79 Å². The first-order valence-electron chi connectivity index (χ1n) is 4.32. The number of Topliss-reactive ketones (excluding diaryl/α,β-unsaturated/α-hetero) is 1. The molecule has 0 radical (unpaired) electrons. The van der Waals surface area contributed by atoms with Crippen LogP contribution < -0.4 is 0 Å². The fraction of sp³-hybridized carbons (Fsp3) is 0.889. The van der Waals surface area contributed by atoms with E-state index in [9.17, 15) is 4.79 Å². The fourth-order valence-corrected chi connectivity index (χ4v) is 2.29. The molecule has 0 unspecified atom stereocenters. The molecule has 0 amide bonds. The van der Waals surface area contributed by atoms with Gasteiger partial charge in [0.05, 0.1) is 5.33 Å². The second-order valence-corrected chi connectivity index (χ2v) is 4.13. The van der Waals surface area contributed by atoms with Crippen molar-refractivity contribution >= 4 is 21.7 Å². The van der Waals surface area contributed by atoms with Crippen LogP contribution >= 0.6 is 15.9 Å². The lowest BCUT2D eigenvalue weighted by molar-refractivity contribution is -0.121. The third-order valence-electron chi connectivity index (χ3n) is 2.52. The molecule has 0 spiro atoms. The van der Waals surface area contributed by atoms with Gasteiger partial charge in [-0.2, -0.15) is 0 Å². The van der Waals surface area contributed by atoms with E-state index in [4.69, 9.17) is 0 Å². The quantitative estimate of drug-likeness (QED) is 0.652. The summed E-state index contributed by atoms with van der Waals surface area (Å²) in [4.78, 5) is 11.3. The lowest BCUT2D eigenvalue weighted by Crippen LogP contribution is -2.22. The molecule has 1 nitrogen and oxygen atoms in total. The number of rotatable bonds is 2. The van der Waals surface area contributed by atoms with Gasteiger partial charge in [-0.25, -0.2) is 0 Å². The van der Waals surface area contributed by atoms with Gasteiger partial charge in [0.15, 0.2) is 0 Å². The molecular weight excluding hydrogens is 204 g/mol. The van der Waals surface area contributed by atoms with Crippen LogP contribution in [0.2, 0.25) is 0 Å². The monoisotopic (exact) mass is 218 g/mol. The predicted molar refractivity (Wildman–Crippen MR) is 49.9 cm³/mol. The number of halogens is 1. The number of carbonyl (C=O) groups is 1. The van der Waals surface area contributed by atoms with Gasteiger partial charge in [0.1, 0.15) is 5.78 Å². The van der Waals surface area contributed by atoms with E-state index in [1.54, 1.807) is 0 Å². The van der Waals surface area contributed by atoms with Crippen LogP contribution in [0.5, 0.6) is 0 Å². The maximum Gasteiger partial charge on any atom is 0.146 e. The normalized spacial score (nSPS) is 31.8. The maximum atomic E-state index is 11.3. The predicted octanol–water partition coefficient (Wildman–Crippen LogP) is 2.78. The Morgan fingerprint density at radius 3 is 2.82 bits per heavy atom. The summed E-state index contributed by atoms with van der Waals surface area (Å²) in [7, 11) is 0. The molecule has 0 N–H and O–H groups in total. The van der Waals surface area contributed by atoms with E-state index in [1.807, 2.05) is 0 Å². The smallest absolute Gasteiger partial charge is 0.146 e. The number of ketones is 1. The third kappa shape index (κ3) is 2.58. The number of carbonyl (C=O) groups excluding carboxylic acids is 1. The maximum absolute atomic E-state index is 11.3. The Labute approximate surface area is 76.7 Å². The van der Waals surface area contributed by atoms with Gasteiger partial charge in [-0.1, -0.05) is 35.7 Å².